The van der Waals surface area contributed by atoms with Crippen molar-refractivity contribution in [2.45, 2.75) is 19.8 Å². The normalized spacial score (nSPS) is 12.5. The zero-order valence-electron chi connectivity index (χ0n) is 8.31. The van der Waals surface area contributed by atoms with Crippen LogP contribution < -0.4 is 5.32 Å². The van der Waals surface area contributed by atoms with E-state index < -0.39 is 0 Å². The molecule has 78 valence electrons. The molecule has 0 fully saturated rings. The third-order valence-corrected chi connectivity index (χ3v) is 2.91. The van der Waals surface area contributed by atoms with Crippen LogP contribution in [0.4, 0.5) is 0 Å². The van der Waals surface area contributed by atoms with Gasteiger partial charge in [0.05, 0.1) is 0 Å². The maximum atomic E-state index is 11.2. The van der Waals surface area contributed by atoms with Gasteiger partial charge < -0.3 is 5.32 Å². The average Bonchev–Trinajstić information content (AvgIpc) is 2.16. The molecule has 1 N–H and O–H groups in total. The third-order valence-electron chi connectivity index (χ3n) is 1.75. The number of carbonyl (C=O) groups is 1. The molecule has 0 spiro atoms. The summed E-state index contributed by atoms with van der Waals surface area (Å²) < 4.78 is 0. The molecule has 0 bridgehead atoms. The van der Waals surface area contributed by atoms with Gasteiger partial charge in [-0.05, 0) is 24.9 Å². The minimum atomic E-state index is -0.0674. The highest BCUT2D eigenvalue weighted by Crippen LogP contribution is 2.00. The van der Waals surface area contributed by atoms with Crippen LogP contribution in [-0.4, -0.2) is 30.3 Å². The van der Waals surface area contributed by atoms with Crippen LogP contribution >= 0.6 is 23.4 Å². The predicted octanol–water partition coefficient (Wildman–Crippen LogP) is 2.12. The van der Waals surface area contributed by atoms with Crippen LogP contribution in [-0.2, 0) is 4.79 Å². The number of hydrogen-bond donors (Lipinski definition) is 1. The fourth-order valence-electron chi connectivity index (χ4n) is 0.827. The Kier molecular flexibility index (Phi) is 8.77. The molecule has 2 nitrogen and oxygen atoms in total. The van der Waals surface area contributed by atoms with E-state index in [1.807, 2.05) is 18.7 Å². The first-order valence-corrected chi connectivity index (χ1v) is 6.47. The van der Waals surface area contributed by atoms with Gasteiger partial charge in [0.15, 0.2) is 0 Å². The largest absolute Gasteiger partial charge is 0.356 e. The van der Waals surface area contributed by atoms with Crippen LogP contribution in [0, 0.1) is 5.92 Å². The molecule has 1 unspecified atom stereocenters. The number of halogens is 1. The van der Waals surface area contributed by atoms with Gasteiger partial charge in [-0.3, -0.25) is 4.79 Å². The van der Waals surface area contributed by atoms with E-state index in [4.69, 9.17) is 11.6 Å². The molecule has 4 heteroatoms. The second kappa shape index (κ2) is 8.70. The highest BCUT2D eigenvalue weighted by molar-refractivity contribution is 7.98. The van der Waals surface area contributed by atoms with Gasteiger partial charge in [-0.15, -0.1) is 11.6 Å². The van der Waals surface area contributed by atoms with Crippen molar-refractivity contribution in [1.29, 1.82) is 0 Å². The molecule has 0 saturated heterocycles. The number of carbonyl (C=O) groups excluding carboxylic acids is 1. The van der Waals surface area contributed by atoms with E-state index in [1.165, 1.54) is 5.75 Å². The molecule has 0 aromatic heterocycles. The molecule has 0 radical (unpaired) electrons. The van der Waals surface area contributed by atoms with Gasteiger partial charge in [0.1, 0.15) is 0 Å². The summed E-state index contributed by atoms with van der Waals surface area (Å²) in [5, 5.41) is 2.86. The highest BCUT2D eigenvalue weighted by atomic mass is 35.5. The van der Waals surface area contributed by atoms with Crippen LogP contribution in [0.3, 0.4) is 0 Å². The Labute approximate surface area is 89.8 Å². The number of amides is 1. The van der Waals surface area contributed by atoms with Gasteiger partial charge in [-0.25, -0.2) is 0 Å². The number of thioether (sulfide) groups is 1. The summed E-state index contributed by atoms with van der Waals surface area (Å²) in [5.74, 6) is 1.57. The number of unbranched alkanes of at least 4 members (excludes halogenated alkanes) is 1. The molecule has 0 saturated carbocycles. The molecular formula is C9H18ClNOS. The van der Waals surface area contributed by atoms with Crippen LogP contribution in [0.2, 0.25) is 0 Å². The smallest absolute Gasteiger partial charge is 0.224 e. The Morgan fingerprint density at radius 1 is 1.54 bits per heavy atom. The fraction of sp³-hybridized carbons (Fsp3) is 0.889. The molecule has 0 aromatic carbocycles. The lowest BCUT2D eigenvalue weighted by atomic mass is 10.2. The Morgan fingerprint density at radius 2 is 2.23 bits per heavy atom. The summed E-state index contributed by atoms with van der Waals surface area (Å²) >= 11 is 7.38. The summed E-state index contributed by atoms with van der Waals surface area (Å²) in [4.78, 5) is 11.2. The molecule has 0 heterocycles. The lowest BCUT2D eigenvalue weighted by molar-refractivity contribution is -0.123. The van der Waals surface area contributed by atoms with Gasteiger partial charge in [-0.1, -0.05) is 6.92 Å². The molecule has 0 aliphatic carbocycles. The van der Waals surface area contributed by atoms with Crippen LogP contribution in [0.25, 0.3) is 0 Å². The summed E-state index contributed by atoms with van der Waals surface area (Å²) in [6.45, 7) is 2.62. The molecule has 13 heavy (non-hydrogen) atoms. The summed E-state index contributed by atoms with van der Waals surface area (Å²) in [6.07, 6.45) is 4.31. The highest BCUT2D eigenvalue weighted by Gasteiger charge is 2.09. The predicted molar refractivity (Wildman–Crippen MR) is 60.5 cm³/mol. The van der Waals surface area contributed by atoms with E-state index in [-0.39, 0.29) is 11.8 Å². The molecule has 0 aliphatic heterocycles. The molecule has 1 atom stereocenters. The monoisotopic (exact) mass is 223 g/mol. The van der Waals surface area contributed by atoms with E-state index in [0.29, 0.717) is 5.88 Å². The molecule has 0 aliphatic rings. The van der Waals surface area contributed by atoms with E-state index in [1.54, 1.807) is 0 Å². The quantitative estimate of drug-likeness (QED) is 0.529. The van der Waals surface area contributed by atoms with E-state index >= 15 is 0 Å². The lowest BCUT2D eigenvalue weighted by Gasteiger charge is -2.08. The lowest BCUT2D eigenvalue weighted by Crippen LogP contribution is -2.30. The van der Waals surface area contributed by atoms with Crippen LogP contribution in [0.15, 0.2) is 0 Å². The molecular weight excluding hydrogens is 206 g/mol. The summed E-state index contributed by atoms with van der Waals surface area (Å²) in [6, 6.07) is 0. The first-order valence-electron chi connectivity index (χ1n) is 4.55. The van der Waals surface area contributed by atoms with Crippen molar-refractivity contribution >= 4 is 29.3 Å². The van der Waals surface area contributed by atoms with E-state index in [0.717, 1.165) is 19.4 Å². The topological polar surface area (TPSA) is 29.1 Å². The second-order valence-corrected chi connectivity index (χ2v) is 4.34. The number of alkyl halides is 1. The summed E-state index contributed by atoms with van der Waals surface area (Å²) in [7, 11) is 0. The fourth-order valence-corrected chi connectivity index (χ4v) is 1.46. The Balaban J connectivity index is 3.27. The Morgan fingerprint density at radius 3 is 2.77 bits per heavy atom. The minimum absolute atomic E-state index is 0.0674. The SMILES string of the molecule is CSCCCCNC(=O)C(C)CCl. The standard InChI is InChI=1S/C9H18ClNOS/c1-8(7-10)9(12)11-5-3-4-6-13-2/h8H,3-7H2,1-2H3,(H,11,12). The van der Waals surface area contributed by atoms with E-state index in [9.17, 15) is 4.79 Å². The maximum absolute atomic E-state index is 11.2. The minimum Gasteiger partial charge on any atom is -0.356 e. The van der Waals surface area contributed by atoms with Crippen LogP contribution in [0.1, 0.15) is 19.8 Å². The van der Waals surface area contributed by atoms with Crippen molar-refractivity contribution in [3.63, 3.8) is 0 Å². The van der Waals surface area contributed by atoms with Gasteiger partial charge >= 0.3 is 0 Å². The zero-order chi connectivity index (χ0) is 10.1. The number of hydrogen-bond acceptors (Lipinski definition) is 2. The van der Waals surface area contributed by atoms with E-state index in [2.05, 4.69) is 11.6 Å². The van der Waals surface area contributed by atoms with Gasteiger partial charge in [0.2, 0.25) is 5.91 Å². The average molecular weight is 224 g/mol. The molecule has 0 aromatic rings. The maximum Gasteiger partial charge on any atom is 0.224 e. The van der Waals surface area contributed by atoms with Gasteiger partial charge in [0, 0.05) is 18.3 Å². The number of rotatable bonds is 7. The third kappa shape index (κ3) is 7.20. The Bertz CT molecular complexity index is 144. The summed E-state index contributed by atoms with van der Waals surface area (Å²) in [5.41, 5.74) is 0. The van der Waals surface area contributed by atoms with Gasteiger partial charge in [0.25, 0.3) is 0 Å². The molecule has 0 rings (SSSR count). The second-order valence-electron chi connectivity index (χ2n) is 3.05. The Hall–Kier alpha value is 0.110. The van der Waals surface area contributed by atoms with Crippen molar-refractivity contribution in [3.8, 4) is 0 Å². The van der Waals surface area contributed by atoms with Crippen molar-refractivity contribution < 1.29 is 4.79 Å². The first kappa shape index (κ1) is 13.1. The first-order chi connectivity index (χ1) is 6.22. The van der Waals surface area contributed by atoms with Crippen molar-refractivity contribution in [2.24, 2.45) is 5.92 Å². The van der Waals surface area contributed by atoms with Crippen molar-refractivity contribution in [1.82, 2.24) is 5.32 Å². The van der Waals surface area contributed by atoms with Crippen molar-refractivity contribution in [2.75, 3.05) is 24.4 Å². The van der Waals surface area contributed by atoms with Crippen LogP contribution in [0.5, 0.6) is 0 Å². The van der Waals surface area contributed by atoms with Gasteiger partial charge in [-0.2, -0.15) is 11.8 Å². The molecule has 1 amide bonds. The van der Waals surface area contributed by atoms with Crippen molar-refractivity contribution in [3.05, 3.63) is 0 Å². The zero-order valence-corrected chi connectivity index (χ0v) is 9.88. The number of nitrogens with one attached hydrogen (secondary N) is 1.